The van der Waals surface area contributed by atoms with Crippen LogP contribution in [0.3, 0.4) is 0 Å². The molecule has 0 spiro atoms. The van der Waals surface area contributed by atoms with Crippen LogP contribution in [0.15, 0.2) is 59.5 Å². The van der Waals surface area contributed by atoms with Gasteiger partial charge < -0.3 is 0 Å². The number of fused-ring (bicyclic) bond motifs is 3. The van der Waals surface area contributed by atoms with Gasteiger partial charge in [0.2, 0.25) is 0 Å². The highest BCUT2D eigenvalue weighted by molar-refractivity contribution is 6.05. The summed E-state index contributed by atoms with van der Waals surface area (Å²) in [6.45, 7) is 0. The van der Waals surface area contributed by atoms with Crippen LogP contribution in [-0.4, -0.2) is 4.98 Å². The number of aromatic nitrogens is 1. The normalized spacial score (nSPS) is 10.8. The lowest BCUT2D eigenvalue weighted by Gasteiger charge is -1.95. The van der Waals surface area contributed by atoms with E-state index < -0.39 is 0 Å². The van der Waals surface area contributed by atoms with E-state index in [0.29, 0.717) is 0 Å². The van der Waals surface area contributed by atoms with Crippen LogP contribution in [0.4, 0.5) is 0 Å². The van der Waals surface area contributed by atoms with Crippen molar-refractivity contribution in [1.82, 2.24) is 4.98 Å². The predicted octanol–water partition coefficient (Wildman–Crippen LogP) is 2.75. The third-order valence-electron chi connectivity index (χ3n) is 2.72. The summed E-state index contributed by atoms with van der Waals surface area (Å²) in [6.07, 6.45) is 1.77. The predicted molar refractivity (Wildman–Crippen MR) is 65.5 cm³/mol. The number of hydrogen-bond donors (Lipinski definition) is 0. The molecule has 1 aromatic heterocycles. The number of rotatable bonds is 0. The molecule has 0 N–H and O–H groups in total. The van der Waals surface area contributed by atoms with Crippen molar-refractivity contribution in [1.29, 1.82) is 0 Å². The van der Waals surface area contributed by atoms with Crippen molar-refractivity contribution < 1.29 is 0 Å². The zero-order valence-corrected chi connectivity index (χ0v) is 8.55. The standard InChI is InChI=1S/C14H9NO/c16-14-5-3-1-2-4-10-11-8-9-15-13(11)7-6-12(10)14/h1-9H. The molecule has 76 valence electrons. The zero-order chi connectivity index (χ0) is 11.0. The van der Waals surface area contributed by atoms with Crippen LogP contribution in [0.25, 0.3) is 21.7 Å². The van der Waals surface area contributed by atoms with Crippen molar-refractivity contribution in [3.63, 3.8) is 0 Å². The second-order valence-corrected chi connectivity index (χ2v) is 3.68. The minimum atomic E-state index is 0.0405. The van der Waals surface area contributed by atoms with Gasteiger partial charge >= 0.3 is 0 Å². The second-order valence-electron chi connectivity index (χ2n) is 3.68. The molecule has 2 heteroatoms. The van der Waals surface area contributed by atoms with Gasteiger partial charge in [0.15, 0.2) is 5.43 Å². The van der Waals surface area contributed by atoms with Crippen LogP contribution >= 0.6 is 0 Å². The van der Waals surface area contributed by atoms with Crippen LogP contribution < -0.4 is 5.43 Å². The van der Waals surface area contributed by atoms with Crippen LogP contribution in [0, 0.1) is 0 Å². The topological polar surface area (TPSA) is 30.0 Å². The number of hydrogen-bond acceptors (Lipinski definition) is 2. The molecule has 3 aromatic rings. The summed E-state index contributed by atoms with van der Waals surface area (Å²) in [5.41, 5.74) is 0.972. The number of benzene rings is 1. The fourth-order valence-electron chi connectivity index (χ4n) is 1.95. The maximum Gasteiger partial charge on any atom is 0.186 e. The van der Waals surface area contributed by atoms with E-state index in [1.807, 2.05) is 36.4 Å². The SMILES string of the molecule is O=c1cccccc2c1ccc1nccc12. The minimum absolute atomic E-state index is 0.0405. The summed E-state index contributed by atoms with van der Waals surface area (Å²) in [6, 6.07) is 14.8. The van der Waals surface area contributed by atoms with Crippen molar-refractivity contribution in [2.75, 3.05) is 0 Å². The Hall–Kier alpha value is -2.22. The van der Waals surface area contributed by atoms with Gasteiger partial charge in [-0.15, -0.1) is 0 Å². The summed E-state index contributed by atoms with van der Waals surface area (Å²) >= 11 is 0. The Balaban J connectivity index is 2.66. The lowest BCUT2D eigenvalue weighted by molar-refractivity contribution is 1.48. The molecule has 3 rings (SSSR count). The van der Waals surface area contributed by atoms with E-state index in [0.717, 1.165) is 21.7 Å². The summed E-state index contributed by atoms with van der Waals surface area (Å²) in [5.74, 6) is 0. The Labute approximate surface area is 92.2 Å². The molecule has 2 nitrogen and oxygen atoms in total. The first kappa shape index (κ1) is 9.04. The molecule has 0 fully saturated rings. The highest BCUT2D eigenvalue weighted by Crippen LogP contribution is 2.21. The summed E-state index contributed by atoms with van der Waals surface area (Å²) < 4.78 is 0. The highest BCUT2D eigenvalue weighted by Gasteiger charge is 2.01. The van der Waals surface area contributed by atoms with Gasteiger partial charge in [-0.1, -0.05) is 24.3 Å². The first-order chi connectivity index (χ1) is 7.86. The summed E-state index contributed by atoms with van der Waals surface area (Å²) in [5, 5.41) is 2.73. The molecule has 0 saturated heterocycles. The minimum Gasteiger partial charge on any atom is -0.289 e. The Bertz CT molecular complexity index is 734. The van der Waals surface area contributed by atoms with Crippen molar-refractivity contribution in [3.8, 4) is 0 Å². The molecule has 0 aliphatic rings. The molecule has 0 unspecified atom stereocenters. The van der Waals surface area contributed by atoms with Gasteiger partial charge in [-0.25, -0.2) is 0 Å². The van der Waals surface area contributed by atoms with E-state index in [1.165, 1.54) is 0 Å². The van der Waals surface area contributed by atoms with Crippen LogP contribution in [-0.2, 0) is 0 Å². The van der Waals surface area contributed by atoms with Gasteiger partial charge in [0.25, 0.3) is 0 Å². The van der Waals surface area contributed by atoms with E-state index in [9.17, 15) is 4.79 Å². The van der Waals surface area contributed by atoms with Gasteiger partial charge in [-0.05, 0) is 29.7 Å². The second kappa shape index (κ2) is 3.42. The van der Waals surface area contributed by atoms with E-state index in [1.54, 1.807) is 18.3 Å². The maximum absolute atomic E-state index is 11.9. The average Bonchev–Trinajstić information content (AvgIpc) is 2.73. The average molecular weight is 207 g/mol. The molecule has 0 bridgehead atoms. The van der Waals surface area contributed by atoms with Crippen molar-refractivity contribution in [2.24, 2.45) is 0 Å². The molecular weight excluding hydrogens is 198 g/mol. The molecule has 0 amide bonds. The molecule has 1 heterocycles. The van der Waals surface area contributed by atoms with Crippen molar-refractivity contribution in [2.45, 2.75) is 0 Å². The van der Waals surface area contributed by atoms with Gasteiger partial charge in [-0.3, -0.25) is 9.78 Å². The summed E-state index contributed by atoms with van der Waals surface area (Å²) in [7, 11) is 0. The Kier molecular flexibility index (Phi) is 1.93. The molecule has 0 aliphatic carbocycles. The number of nitrogens with zero attached hydrogens (tertiary/aromatic N) is 1. The lowest BCUT2D eigenvalue weighted by Crippen LogP contribution is -1.95. The zero-order valence-electron chi connectivity index (χ0n) is 8.55. The molecule has 2 aromatic carbocycles. The largest absolute Gasteiger partial charge is 0.289 e. The Morgan fingerprint density at radius 2 is 1.62 bits per heavy atom. The third kappa shape index (κ3) is 1.27. The quantitative estimate of drug-likeness (QED) is 0.567. The maximum atomic E-state index is 11.9. The molecule has 0 atom stereocenters. The first-order valence-electron chi connectivity index (χ1n) is 5.13. The third-order valence-corrected chi connectivity index (χ3v) is 2.72. The van der Waals surface area contributed by atoms with Crippen molar-refractivity contribution >= 4 is 21.7 Å². The molecule has 16 heavy (non-hydrogen) atoms. The van der Waals surface area contributed by atoms with Gasteiger partial charge in [0.1, 0.15) is 0 Å². The van der Waals surface area contributed by atoms with Gasteiger partial charge in [0.05, 0.1) is 5.52 Å². The fraction of sp³-hybridized carbons (Fsp3) is 0. The first-order valence-corrected chi connectivity index (χ1v) is 5.13. The van der Waals surface area contributed by atoms with Crippen LogP contribution in [0.2, 0.25) is 0 Å². The van der Waals surface area contributed by atoms with E-state index in [-0.39, 0.29) is 5.43 Å². The monoisotopic (exact) mass is 207 g/mol. The molecular formula is C14H9NO. The highest BCUT2D eigenvalue weighted by atomic mass is 16.1. The Morgan fingerprint density at radius 1 is 0.750 bits per heavy atom. The Morgan fingerprint density at radius 3 is 2.56 bits per heavy atom. The van der Waals surface area contributed by atoms with Gasteiger partial charge in [-0.2, -0.15) is 0 Å². The van der Waals surface area contributed by atoms with Crippen LogP contribution in [0.1, 0.15) is 0 Å². The molecule has 0 radical (unpaired) electrons. The fourth-order valence-corrected chi connectivity index (χ4v) is 1.95. The van der Waals surface area contributed by atoms with Crippen molar-refractivity contribution in [3.05, 3.63) is 65.0 Å². The van der Waals surface area contributed by atoms with E-state index in [2.05, 4.69) is 4.98 Å². The lowest BCUT2D eigenvalue weighted by atomic mass is 10.1. The van der Waals surface area contributed by atoms with E-state index >= 15 is 0 Å². The summed E-state index contributed by atoms with van der Waals surface area (Å²) in [4.78, 5) is 16.1. The molecule has 0 saturated carbocycles. The molecule has 0 aliphatic heterocycles. The van der Waals surface area contributed by atoms with Gasteiger partial charge in [0, 0.05) is 17.0 Å². The smallest absolute Gasteiger partial charge is 0.186 e. The van der Waals surface area contributed by atoms with E-state index in [4.69, 9.17) is 0 Å². The van der Waals surface area contributed by atoms with Crippen LogP contribution in [0.5, 0.6) is 0 Å².